The van der Waals surface area contributed by atoms with E-state index in [9.17, 15) is 5.11 Å². The molecule has 15 heavy (non-hydrogen) atoms. The smallest absolute Gasteiger partial charge is 0.0931 e. The summed E-state index contributed by atoms with van der Waals surface area (Å²) in [6, 6.07) is 4.32. The van der Waals surface area contributed by atoms with Gasteiger partial charge in [0.25, 0.3) is 0 Å². The predicted molar refractivity (Wildman–Crippen MR) is 64.5 cm³/mol. The quantitative estimate of drug-likeness (QED) is 0.882. The molecule has 1 aromatic heterocycles. The number of thiophene rings is 1. The van der Waals surface area contributed by atoms with Gasteiger partial charge in [-0.25, -0.2) is 0 Å². The van der Waals surface area contributed by atoms with Gasteiger partial charge in [0.05, 0.1) is 17.0 Å². The lowest BCUT2D eigenvalue weighted by Crippen LogP contribution is -2.30. The van der Waals surface area contributed by atoms with Gasteiger partial charge in [0.15, 0.2) is 0 Å². The Hall–Kier alpha value is -0.0900. The zero-order chi connectivity index (χ0) is 11.1. The molecule has 0 aliphatic heterocycles. The van der Waals surface area contributed by atoms with Gasteiger partial charge in [-0.15, -0.1) is 11.3 Å². The number of rotatable bonds is 4. The van der Waals surface area contributed by atoms with Gasteiger partial charge in [0.2, 0.25) is 0 Å². The molecule has 1 aliphatic rings. The first-order valence-electron chi connectivity index (χ1n) is 5.11. The summed E-state index contributed by atoms with van der Waals surface area (Å²) < 4.78 is 0.825. The second kappa shape index (κ2) is 4.06. The maximum absolute atomic E-state index is 9.49. The Kier molecular flexibility index (Phi) is 3.08. The van der Waals surface area contributed by atoms with Gasteiger partial charge in [0.1, 0.15) is 0 Å². The molecule has 0 amide bonds. The summed E-state index contributed by atoms with van der Waals surface area (Å²) >= 11 is 7.58. The van der Waals surface area contributed by atoms with E-state index in [4.69, 9.17) is 11.6 Å². The van der Waals surface area contributed by atoms with Crippen LogP contribution in [0.3, 0.4) is 0 Å². The fourth-order valence-electron chi connectivity index (χ4n) is 2.26. The van der Waals surface area contributed by atoms with E-state index in [1.807, 2.05) is 6.07 Å². The highest BCUT2D eigenvalue weighted by Crippen LogP contribution is 2.57. The van der Waals surface area contributed by atoms with Crippen molar-refractivity contribution in [2.75, 3.05) is 20.7 Å². The number of hydrogen-bond donors (Lipinski definition) is 1. The fraction of sp³-hybridized carbons (Fsp3) is 0.636. The molecule has 1 N–H and O–H groups in total. The Morgan fingerprint density at radius 1 is 1.53 bits per heavy atom. The molecule has 0 radical (unpaired) electrons. The monoisotopic (exact) mass is 245 g/mol. The Labute approximate surface area is 99.5 Å². The minimum atomic E-state index is 0.0810. The molecule has 84 valence electrons. The number of hydrogen-bond acceptors (Lipinski definition) is 3. The highest BCUT2D eigenvalue weighted by molar-refractivity contribution is 7.16. The largest absolute Gasteiger partial charge is 0.396 e. The van der Waals surface area contributed by atoms with Crippen LogP contribution in [0.15, 0.2) is 12.1 Å². The van der Waals surface area contributed by atoms with Gasteiger partial charge < -0.3 is 10.0 Å². The van der Waals surface area contributed by atoms with E-state index in [0.29, 0.717) is 6.04 Å². The summed E-state index contributed by atoms with van der Waals surface area (Å²) in [6.07, 6.45) is 2.23. The van der Waals surface area contributed by atoms with Crippen molar-refractivity contribution in [3.63, 3.8) is 0 Å². The molecule has 0 bridgehead atoms. The number of aliphatic hydroxyl groups excluding tert-OH is 1. The van der Waals surface area contributed by atoms with Crippen LogP contribution in [0.1, 0.15) is 23.8 Å². The highest BCUT2D eigenvalue weighted by Gasteiger charge is 2.50. The molecular formula is C11H16ClNOS. The van der Waals surface area contributed by atoms with Crippen LogP contribution in [-0.4, -0.2) is 30.7 Å². The molecule has 1 saturated carbocycles. The summed E-state index contributed by atoms with van der Waals surface area (Å²) in [5.74, 6) is 0. The zero-order valence-corrected chi connectivity index (χ0v) is 10.6. The highest BCUT2D eigenvalue weighted by atomic mass is 35.5. The van der Waals surface area contributed by atoms with Crippen molar-refractivity contribution in [2.24, 2.45) is 5.41 Å². The molecule has 1 heterocycles. The lowest BCUT2D eigenvalue weighted by atomic mass is 9.95. The molecule has 2 nitrogen and oxygen atoms in total. The molecule has 1 fully saturated rings. The van der Waals surface area contributed by atoms with Gasteiger partial charge in [-0.1, -0.05) is 11.6 Å². The Morgan fingerprint density at radius 2 is 2.20 bits per heavy atom. The van der Waals surface area contributed by atoms with E-state index in [1.54, 1.807) is 11.3 Å². The van der Waals surface area contributed by atoms with Crippen molar-refractivity contribution < 1.29 is 5.11 Å². The van der Waals surface area contributed by atoms with Crippen molar-refractivity contribution in [1.29, 1.82) is 0 Å². The SMILES string of the molecule is CN(C)C(c1ccc(Cl)s1)C1(CO)CC1. The maximum Gasteiger partial charge on any atom is 0.0931 e. The lowest BCUT2D eigenvalue weighted by molar-refractivity contribution is 0.118. The topological polar surface area (TPSA) is 23.5 Å². The van der Waals surface area contributed by atoms with Gasteiger partial charge in [-0.2, -0.15) is 0 Å². The third-order valence-electron chi connectivity index (χ3n) is 3.17. The molecule has 0 saturated heterocycles. The summed E-state index contributed by atoms with van der Waals surface area (Å²) in [5, 5.41) is 9.49. The molecule has 1 aromatic rings. The minimum absolute atomic E-state index is 0.0810. The summed E-state index contributed by atoms with van der Waals surface area (Å²) in [6.45, 7) is 0.269. The second-order valence-electron chi connectivity index (χ2n) is 4.53. The van der Waals surface area contributed by atoms with E-state index in [0.717, 1.165) is 17.2 Å². The maximum atomic E-state index is 9.49. The van der Waals surface area contributed by atoms with Crippen LogP contribution >= 0.6 is 22.9 Å². The first-order valence-corrected chi connectivity index (χ1v) is 6.31. The third-order valence-corrected chi connectivity index (χ3v) is 4.45. The molecule has 1 unspecified atom stereocenters. The average Bonchev–Trinajstić information content (AvgIpc) is 2.84. The minimum Gasteiger partial charge on any atom is -0.396 e. The lowest BCUT2D eigenvalue weighted by Gasteiger charge is -2.30. The first kappa shape index (κ1) is 11.4. The molecule has 0 aromatic carbocycles. The number of aliphatic hydroxyl groups is 1. The van der Waals surface area contributed by atoms with Gasteiger partial charge in [0, 0.05) is 10.3 Å². The van der Waals surface area contributed by atoms with Crippen molar-refractivity contribution >= 4 is 22.9 Å². The second-order valence-corrected chi connectivity index (χ2v) is 6.28. The summed E-state index contributed by atoms with van der Waals surface area (Å²) in [4.78, 5) is 3.45. The average molecular weight is 246 g/mol. The van der Waals surface area contributed by atoms with Crippen LogP contribution in [0.25, 0.3) is 0 Å². The van der Waals surface area contributed by atoms with E-state index in [1.165, 1.54) is 4.88 Å². The number of halogens is 1. The van der Waals surface area contributed by atoms with Crippen molar-refractivity contribution in [2.45, 2.75) is 18.9 Å². The zero-order valence-electron chi connectivity index (χ0n) is 9.03. The van der Waals surface area contributed by atoms with E-state index in [2.05, 4.69) is 25.1 Å². The van der Waals surface area contributed by atoms with E-state index < -0.39 is 0 Å². The summed E-state index contributed by atoms with van der Waals surface area (Å²) in [7, 11) is 4.13. The van der Waals surface area contributed by atoms with Gasteiger partial charge in [-0.3, -0.25) is 0 Å². The molecule has 1 aliphatic carbocycles. The van der Waals surface area contributed by atoms with E-state index >= 15 is 0 Å². The van der Waals surface area contributed by atoms with Crippen molar-refractivity contribution in [1.82, 2.24) is 4.90 Å². The standard InChI is InChI=1S/C11H16ClNOS/c1-13(2)10(11(7-14)5-6-11)8-3-4-9(12)15-8/h3-4,10,14H,5-7H2,1-2H3. The van der Waals surface area contributed by atoms with Crippen LogP contribution in [0, 0.1) is 5.41 Å². The van der Waals surface area contributed by atoms with Crippen LogP contribution in [0.4, 0.5) is 0 Å². The molecule has 0 spiro atoms. The van der Waals surface area contributed by atoms with Crippen molar-refractivity contribution in [3.8, 4) is 0 Å². The predicted octanol–water partition coefficient (Wildman–Crippen LogP) is 2.78. The normalized spacial score (nSPS) is 20.6. The summed E-state index contributed by atoms with van der Waals surface area (Å²) in [5.41, 5.74) is 0.0810. The van der Waals surface area contributed by atoms with E-state index in [-0.39, 0.29) is 12.0 Å². The first-order chi connectivity index (χ1) is 7.09. The Bertz CT molecular complexity index is 346. The van der Waals surface area contributed by atoms with Crippen LogP contribution in [0.5, 0.6) is 0 Å². The molecule has 1 atom stereocenters. The third kappa shape index (κ3) is 2.07. The van der Waals surface area contributed by atoms with Crippen LogP contribution < -0.4 is 0 Å². The van der Waals surface area contributed by atoms with Crippen molar-refractivity contribution in [3.05, 3.63) is 21.3 Å². The van der Waals surface area contributed by atoms with Gasteiger partial charge in [-0.05, 0) is 39.1 Å². The fourth-order valence-corrected chi connectivity index (χ4v) is 3.66. The Morgan fingerprint density at radius 3 is 2.53 bits per heavy atom. The van der Waals surface area contributed by atoms with Crippen LogP contribution in [-0.2, 0) is 0 Å². The molecular weight excluding hydrogens is 230 g/mol. The number of nitrogens with zero attached hydrogens (tertiary/aromatic N) is 1. The molecule has 4 heteroatoms. The van der Waals surface area contributed by atoms with Crippen LogP contribution in [0.2, 0.25) is 4.34 Å². The van der Waals surface area contributed by atoms with Gasteiger partial charge >= 0.3 is 0 Å². The Balaban J connectivity index is 2.28. The molecule has 2 rings (SSSR count).